The molecule has 1 saturated heterocycles. The van der Waals surface area contributed by atoms with E-state index in [9.17, 15) is 19.5 Å². The molecule has 7 aliphatic rings. The summed E-state index contributed by atoms with van der Waals surface area (Å²) in [5.74, 6) is 0.525. The Labute approximate surface area is 293 Å². The number of carbonyl (C=O) groups is 2. The van der Waals surface area contributed by atoms with Gasteiger partial charge in [-0.15, -0.1) is 15.0 Å². The maximum Gasteiger partial charge on any atom is 0.276 e. The lowest BCUT2D eigenvalue weighted by Gasteiger charge is -2.71. The fourth-order valence-electron chi connectivity index (χ4n) is 10.2. The van der Waals surface area contributed by atoms with E-state index in [1.54, 1.807) is 30.2 Å². The van der Waals surface area contributed by atoms with E-state index in [1.165, 1.54) is 31.1 Å². The molecular formula is C36H40N10O5. The van der Waals surface area contributed by atoms with Gasteiger partial charge in [-0.25, -0.2) is 15.0 Å². The van der Waals surface area contributed by atoms with Crippen LogP contribution in [0.3, 0.4) is 0 Å². The normalized spacial score (nSPS) is 30.2. The van der Waals surface area contributed by atoms with E-state index in [4.69, 9.17) is 14.9 Å². The van der Waals surface area contributed by atoms with Crippen LogP contribution in [0.1, 0.15) is 92.1 Å². The molecule has 2 aliphatic heterocycles. The third-order valence-corrected chi connectivity index (χ3v) is 12.8. The Bertz CT molecular complexity index is 2210. The van der Waals surface area contributed by atoms with E-state index < -0.39 is 6.04 Å². The fraction of sp³-hybridized carbons (Fsp3) is 0.556. The van der Waals surface area contributed by atoms with Gasteiger partial charge >= 0.3 is 0 Å². The number of hydrogen-bond acceptors (Lipinski definition) is 11. The lowest BCUT2D eigenvalue weighted by molar-refractivity contribution is -0.177. The van der Waals surface area contributed by atoms with Crippen LogP contribution in [0.2, 0.25) is 0 Å². The Morgan fingerprint density at radius 3 is 2.55 bits per heavy atom. The number of hydrogen-bond donors (Lipinski definition) is 2. The summed E-state index contributed by atoms with van der Waals surface area (Å²) in [7, 11) is 1.53. The molecule has 6 heterocycles. The van der Waals surface area contributed by atoms with Gasteiger partial charge in [-0.05, 0) is 75.7 Å². The predicted octanol–water partition coefficient (Wildman–Crippen LogP) is 2.78. The first kappa shape index (κ1) is 30.7. The number of aromatic nitrogens is 7. The van der Waals surface area contributed by atoms with Crippen molar-refractivity contribution >= 4 is 28.7 Å². The second kappa shape index (κ2) is 10.5. The topological polar surface area (TPSA) is 173 Å². The SMILES string of the molecule is COc1cc(-n2nc3c(=O)c(N4CCN(C(=O)c5ncnc(C)c5O)[C@H]5CC[C@@H]54)c4n(c3n2)C(C(=O)NC23CC(C5CC5)(C2)C3)CC4C)ccn1. The number of carbonyl (C=O) groups excluding carboxylic acids is 2. The average molecular weight is 693 g/mol. The molecule has 51 heavy (non-hydrogen) atoms. The first-order valence-corrected chi connectivity index (χ1v) is 18.1. The third-order valence-electron chi connectivity index (χ3n) is 12.8. The van der Waals surface area contributed by atoms with Gasteiger partial charge in [-0.1, -0.05) is 6.92 Å². The van der Waals surface area contributed by atoms with Crippen molar-refractivity contribution in [3.8, 4) is 17.3 Å². The molecule has 2 N–H and O–H groups in total. The Kier molecular flexibility index (Phi) is 6.31. The van der Waals surface area contributed by atoms with Gasteiger partial charge in [0.25, 0.3) is 5.91 Å². The van der Waals surface area contributed by atoms with Gasteiger partial charge in [0, 0.05) is 42.9 Å². The molecule has 2 unspecified atom stereocenters. The summed E-state index contributed by atoms with van der Waals surface area (Å²) >= 11 is 0. The Morgan fingerprint density at radius 2 is 1.82 bits per heavy atom. The lowest BCUT2D eigenvalue weighted by Crippen LogP contribution is -2.75. The van der Waals surface area contributed by atoms with E-state index in [0.717, 1.165) is 43.7 Å². The van der Waals surface area contributed by atoms with Crippen molar-refractivity contribution in [1.82, 2.24) is 44.7 Å². The van der Waals surface area contributed by atoms with Crippen LogP contribution in [0.4, 0.5) is 5.69 Å². The van der Waals surface area contributed by atoms with Crippen LogP contribution in [0.5, 0.6) is 11.6 Å². The zero-order chi connectivity index (χ0) is 35.0. The molecule has 5 saturated carbocycles. The van der Waals surface area contributed by atoms with Crippen molar-refractivity contribution in [2.45, 2.75) is 94.8 Å². The molecule has 15 nitrogen and oxygen atoms in total. The molecule has 0 aromatic carbocycles. The molecule has 6 fully saturated rings. The summed E-state index contributed by atoms with van der Waals surface area (Å²) in [6.45, 7) is 4.45. The second-order valence-corrected chi connectivity index (χ2v) is 15.8. The quantitative estimate of drug-likeness (QED) is 0.292. The van der Waals surface area contributed by atoms with Gasteiger partial charge in [-0.2, -0.15) is 0 Å². The van der Waals surface area contributed by atoms with Gasteiger partial charge in [0.1, 0.15) is 18.1 Å². The molecule has 0 spiro atoms. The molecular weight excluding hydrogens is 652 g/mol. The summed E-state index contributed by atoms with van der Waals surface area (Å²) in [5, 5.41) is 23.7. The number of pyridine rings is 2. The minimum atomic E-state index is -0.552. The highest BCUT2D eigenvalue weighted by atomic mass is 16.5. The monoisotopic (exact) mass is 692 g/mol. The molecule has 0 radical (unpaired) electrons. The van der Waals surface area contributed by atoms with Crippen LogP contribution in [-0.2, 0) is 4.79 Å². The molecule has 4 aromatic rings. The average Bonchev–Trinajstić information content (AvgIpc) is 3.72. The van der Waals surface area contributed by atoms with Crippen molar-refractivity contribution in [2.24, 2.45) is 11.3 Å². The molecule has 5 aliphatic carbocycles. The summed E-state index contributed by atoms with van der Waals surface area (Å²) in [4.78, 5) is 60.4. The Balaban J connectivity index is 1.05. The number of nitrogens with one attached hydrogen (secondary N) is 1. The predicted molar refractivity (Wildman–Crippen MR) is 183 cm³/mol. The molecule has 4 atom stereocenters. The van der Waals surface area contributed by atoms with E-state index in [0.29, 0.717) is 53.5 Å². The molecule has 264 valence electrons. The number of piperazine rings is 1. The van der Waals surface area contributed by atoms with Crippen LogP contribution >= 0.6 is 0 Å². The highest BCUT2D eigenvalue weighted by Crippen LogP contribution is 2.75. The largest absolute Gasteiger partial charge is 0.504 e. The summed E-state index contributed by atoms with van der Waals surface area (Å²) in [6.07, 6.45) is 10.8. The number of rotatable bonds is 7. The number of aryl methyl sites for hydroxylation is 1. The molecule has 15 heteroatoms. The van der Waals surface area contributed by atoms with Gasteiger partial charge < -0.3 is 29.5 Å². The van der Waals surface area contributed by atoms with Crippen LogP contribution < -0.4 is 20.4 Å². The van der Waals surface area contributed by atoms with Gasteiger partial charge in [0.05, 0.1) is 30.2 Å². The number of fused-ring (bicyclic) bond motifs is 4. The van der Waals surface area contributed by atoms with E-state index in [1.807, 2.05) is 4.57 Å². The van der Waals surface area contributed by atoms with Crippen molar-refractivity contribution in [1.29, 1.82) is 0 Å². The van der Waals surface area contributed by atoms with Gasteiger partial charge in [0.2, 0.25) is 17.2 Å². The van der Waals surface area contributed by atoms with Crippen LogP contribution in [0, 0.1) is 18.3 Å². The highest BCUT2D eigenvalue weighted by Gasteiger charge is 2.72. The maximum atomic E-state index is 14.7. The number of nitrogens with zero attached hydrogens (tertiary/aromatic N) is 9. The van der Waals surface area contributed by atoms with Crippen LogP contribution in [0.25, 0.3) is 16.9 Å². The smallest absolute Gasteiger partial charge is 0.276 e. The van der Waals surface area contributed by atoms with E-state index in [2.05, 4.69) is 32.1 Å². The molecule has 11 rings (SSSR count). The second-order valence-electron chi connectivity index (χ2n) is 15.8. The minimum Gasteiger partial charge on any atom is -0.504 e. The van der Waals surface area contributed by atoms with Crippen molar-refractivity contribution in [2.75, 3.05) is 25.1 Å². The number of ether oxygens (including phenoxy) is 1. The van der Waals surface area contributed by atoms with Gasteiger partial charge in [-0.3, -0.25) is 14.4 Å². The molecule has 4 aromatic heterocycles. The molecule has 2 amide bonds. The first-order valence-electron chi connectivity index (χ1n) is 18.1. The standard InChI is InChI=1S/C36H40N10O5/c1-18-12-24(33(49)40-36-14-35(15-36,16-36)20-4-5-20)45-28(18)29(31(48)26-32(45)42-46(41-26)21-8-9-37-25(13-21)51-3)43-10-11-44(23-7-6-22(23)43)34(50)27-30(47)19(2)38-17-39-27/h8-9,13,17-18,20,22-24,47H,4-7,10-12,14-16H2,1-3H3,(H,40,49)/t18?,22-,23-,24?,35?,36?/m0/s1. The number of methoxy groups -OCH3 is 1. The van der Waals surface area contributed by atoms with Crippen molar-refractivity contribution < 1.29 is 19.4 Å². The van der Waals surface area contributed by atoms with Crippen molar-refractivity contribution in [3.63, 3.8) is 0 Å². The highest BCUT2D eigenvalue weighted by molar-refractivity contribution is 5.95. The Morgan fingerprint density at radius 1 is 1.04 bits per heavy atom. The number of amides is 2. The van der Waals surface area contributed by atoms with Gasteiger partial charge in [0.15, 0.2) is 22.6 Å². The zero-order valence-electron chi connectivity index (χ0n) is 28.9. The minimum absolute atomic E-state index is 0.0115. The Hall–Kier alpha value is -5.08. The van der Waals surface area contributed by atoms with Crippen LogP contribution in [-0.4, -0.2) is 94.2 Å². The maximum absolute atomic E-state index is 14.7. The summed E-state index contributed by atoms with van der Waals surface area (Å²) < 4.78 is 7.32. The van der Waals surface area contributed by atoms with E-state index in [-0.39, 0.29) is 57.7 Å². The summed E-state index contributed by atoms with van der Waals surface area (Å²) in [6, 6.07) is 2.60. The molecule has 2 bridgehead atoms. The summed E-state index contributed by atoms with van der Waals surface area (Å²) in [5.41, 5.74) is 2.88. The lowest BCUT2D eigenvalue weighted by atomic mass is 9.37. The third kappa shape index (κ3) is 4.29. The zero-order valence-corrected chi connectivity index (χ0v) is 28.9. The number of aromatic hydroxyl groups is 1. The van der Waals surface area contributed by atoms with E-state index >= 15 is 0 Å². The van der Waals surface area contributed by atoms with Crippen molar-refractivity contribution in [3.05, 3.63) is 52.0 Å². The van der Waals surface area contributed by atoms with Crippen LogP contribution in [0.15, 0.2) is 29.5 Å². The fourth-order valence-corrected chi connectivity index (χ4v) is 10.2. The number of anilines is 1. The first-order chi connectivity index (χ1) is 24.6.